The summed E-state index contributed by atoms with van der Waals surface area (Å²) in [6.07, 6.45) is 5.38. The normalized spacial score (nSPS) is 15.9. The first kappa shape index (κ1) is 19.5. The molecule has 1 saturated heterocycles. The molecular formula is C24H29N3O2. The zero-order chi connectivity index (χ0) is 20.2. The maximum absolute atomic E-state index is 12.8. The predicted molar refractivity (Wildman–Crippen MR) is 114 cm³/mol. The van der Waals surface area contributed by atoms with Crippen molar-refractivity contribution < 1.29 is 9.21 Å². The molecule has 1 aliphatic heterocycles. The van der Waals surface area contributed by atoms with Crippen molar-refractivity contribution >= 4 is 5.91 Å². The lowest BCUT2D eigenvalue weighted by Crippen LogP contribution is -2.40. The standard InChI is InChI=1S/C24H29N3O2/c1-18-8-9-19(2)27(18)21-12-10-20(11-13-21)24(28)25-17-22(23-7-6-16-29-23)26-14-4-3-5-15-26/h6-13,16,22H,3-5,14-15,17H2,1-2H3,(H,25,28). The van der Waals surface area contributed by atoms with E-state index in [9.17, 15) is 4.79 Å². The molecule has 1 aliphatic rings. The van der Waals surface area contributed by atoms with Crippen LogP contribution in [0.4, 0.5) is 0 Å². The number of hydrogen-bond acceptors (Lipinski definition) is 3. The van der Waals surface area contributed by atoms with Gasteiger partial charge in [-0.25, -0.2) is 0 Å². The summed E-state index contributed by atoms with van der Waals surface area (Å²) >= 11 is 0. The SMILES string of the molecule is Cc1ccc(C)n1-c1ccc(C(=O)NCC(c2ccco2)N2CCCCC2)cc1. The molecule has 5 heteroatoms. The highest BCUT2D eigenvalue weighted by atomic mass is 16.3. The molecule has 2 aromatic heterocycles. The van der Waals surface area contributed by atoms with E-state index >= 15 is 0 Å². The minimum Gasteiger partial charge on any atom is -0.468 e. The highest BCUT2D eigenvalue weighted by molar-refractivity contribution is 5.94. The molecule has 1 fully saturated rings. The van der Waals surface area contributed by atoms with Crippen LogP contribution in [0.3, 0.4) is 0 Å². The van der Waals surface area contributed by atoms with Crippen molar-refractivity contribution in [3.63, 3.8) is 0 Å². The van der Waals surface area contributed by atoms with Crippen LogP contribution < -0.4 is 5.32 Å². The monoisotopic (exact) mass is 391 g/mol. The van der Waals surface area contributed by atoms with Gasteiger partial charge in [0.1, 0.15) is 5.76 Å². The Balaban J connectivity index is 1.44. The first-order chi connectivity index (χ1) is 14.1. The summed E-state index contributed by atoms with van der Waals surface area (Å²) in [4.78, 5) is 15.2. The smallest absolute Gasteiger partial charge is 0.251 e. The van der Waals surface area contributed by atoms with Crippen LogP contribution in [0.5, 0.6) is 0 Å². The second-order valence-corrected chi connectivity index (χ2v) is 7.84. The van der Waals surface area contributed by atoms with Gasteiger partial charge in [0, 0.05) is 29.2 Å². The third-order valence-electron chi connectivity index (χ3n) is 5.82. The van der Waals surface area contributed by atoms with E-state index in [2.05, 4.69) is 40.8 Å². The maximum Gasteiger partial charge on any atom is 0.251 e. The number of piperidine rings is 1. The van der Waals surface area contributed by atoms with Crippen molar-refractivity contribution in [3.8, 4) is 5.69 Å². The molecule has 0 spiro atoms. The van der Waals surface area contributed by atoms with Gasteiger partial charge in [0.05, 0.1) is 12.3 Å². The fourth-order valence-corrected chi connectivity index (χ4v) is 4.25. The Morgan fingerprint density at radius 3 is 2.31 bits per heavy atom. The first-order valence-electron chi connectivity index (χ1n) is 10.4. The molecule has 152 valence electrons. The molecule has 1 aromatic carbocycles. The van der Waals surface area contributed by atoms with Crippen molar-refractivity contribution in [3.05, 3.63) is 77.5 Å². The number of carbonyl (C=O) groups is 1. The zero-order valence-corrected chi connectivity index (χ0v) is 17.2. The fraction of sp³-hybridized carbons (Fsp3) is 0.375. The third kappa shape index (κ3) is 4.30. The van der Waals surface area contributed by atoms with E-state index in [-0.39, 0.29) is 11.9 Å². The first-order valence-corrected chi connectivity index (χ1v) is 10.4. The summed E-state index contributed by atoms with van der Waals surface area (Å²) in [6, 6.07) is 16.0. The van der Waals surface area contributed by atoms with Crippen molar-refractivity contribution in [1.82, 2.24) is 14.8 Å². The topological polar surface area (TPSA) is 50.4 Å². The third-order valence-corrected chi connectivity index (χ3v) is 5.82. The lowest BCUT2D eigenvalue weighted by atomic mass is 10.1. The summed E-state index contributed by atoms with van der Waals surface area (Å²) in [5.41, 5.74) is 4.11. The lowest BCUT2D eigenvalue weighted by molar-refractivity contribution is 0.0914. The minimum absolute atomic E-state index is 0.0499. The van der Waals surface area contributed by atoms with Crippen molar-refractivity contribution in [1.29, 1.82) is 0 Å². The Kier molecular flexibility index (Phi) is 5.86. The molecule has 1 atom stereocenters. The molecule has 4 rings (SSSR count). The van der Waals surface area contributed by atoms with Crippen LogP contribution in [0, 0.1) is 13.8 Å². The Hall–Kier alpha value is -2.79. The van der Waals surface area contributed by atoms with Gasteiger partial charge >= 0.3 is 0 Å². The van der Waals surface area contributed by atoms with E-state index in [1.165, 1.54) is 30.7 Å². The number of likely N-dealkylation sites (tertiary alicyclic amines) is 1. The molecular weight excluding hydrogens is 362 g/mol. The van der Waals surface area contributed by atoms with Crippen molar-refractivity contribution in [2.75, 3.05) is 19.6 Å². The van der Waals surface area contributed by atoms with Gasteiger partial charge in [-0.05, 0) is 88.3 Å². The van der Waals surface area contributed by atoms with Gasteiger partial charge in [-0.1, -0.05) is 6.42 Å². The number of furan rings is 1. The van der Waals surface area contributed by atoms with Gasteiger partial charge in [0.25, 0.3) is 5.91 Å². The van der Waals surface area contributed by atoms with Crippen LogP contribution in [-0.4, -0.2) is 35.0 Å². The van der Waals surface area contributed by atoms with Crippen molar-refractivity contribution in [2.45, 2.75) is 39.2 Å². The van der Waals surface area contributed by atoms with Crippen LogP contribution in [0.2, 0.25) is 0 Å². The van der Waals surface area contributed by atoms with Crippen molar-refractivity contribution in [2.24, 2.45) is 0 Å². The molecule has 29 heavy (non-hydrogen) atoms. The van der Waals surface area contributed by atoms with E-state index in [1.807, 2.05) is 36.4 Å². The molecule has 0 saturated carbocycles. The quantitative estimate of drug-likeness (QED) is 0.666. The van der Waals surface area contributed by atoms with Crippen LogP contribution >= 0.6 is 0 Å². The highest BCUT2D eigenvalue weighted by Crippen LogP contribution is 2.24. The predicted octanol–water partition coefficient (Wildman–Crippen LogP) is 4.64. The van der Waals surface area contributed by atoms with Gasteiger partial charge < -0.3 is 14.3 Å². The van der Waals surface area contributed by atoms with E-state index in [0.29, 0.717) is 12.1 Å². The highest BCUT2D eigenvalue weighted by Gasteiger charge is 2.25. The molecule has 3 aromatic rings. The number of aryl methyl sites for hydroxylation is 2. The number of nitrogens with zero attached hydrogens (tertiary/aromatic N) is 2. The van der Waals surface area contributed by atoms with Gasteiger partial charge in [0.2, 0.25) is 0 Å². The summed E-state index contributed by atoms with van der Waals surface area (Å²) in [6.45, 7) is 6.81. The molecule has 1 unspecified atom stereocenters. The van der Waals surface area contributed by atoms with Gasteiger partial charge in [0.15, 0.2) is 0 Å². The van der Waals surface area contributed by atoms with E-state index < -0.39 is 0 Å². The zero-order valence-electron chi connectivity index (χ0n) is 17.2. The van der Waals surface area contributed by atoms with Crippen LogP contribution in [0.1, 0.15) is 52.8 Å². The Morgan fingerprint density at radius 2 is 1.69 bits per heavy atom. The molecule has 3 heterocycles. The van der Waals surface area contributed by atoms with Gasteiger partial charge in [-0.3, -0.25) is 9.69 Å². The summed E-state index contributed by atoms with van der Waals surface area (Å²) in [5.74, 6) is 0.868. The van der Waals surface area contributed by atoms with Gasteiger partial charge in [-0.15, -0.1) is 0 Å². The summed E-state index contributed by atoms with van der Waals surface area (Å²) < 4.78 is 7.86. The fourth-order valence-electron chi connectivity index (χ4n) is 4.25. The second-order valence-electron chi connectivity index (χ2n) is 7.84. The summed E-state index contributed by atoms with van der Waals surface area (Å²) in [5, 5.41) is 3.11. The second kappa shape index (κ2) is 8.70. The number of amides is 1. The van der Waals surface area contributed by atoms with Gasteiger partial charge in [-0.2, -0.15) is 0 Å². The largest absolute Gasteiger partial charge is 0.468 e. The van der Waals surface area contributed by atoms with E-state index in [0.717, 1.165) is 24.5 Å². The number of carbonyl (C=O) groups excluding carboxylic acids is 1. The Morgan fingerprint density at radius 1 is 1.00 bits per heavy atom. The summed E-state index contributed by atoms with van der Waals surface area (Å²) in [7, 11) is 0. The average molecular weight is 392 g/mol. The van der Waals surface area contributed by atoms with E-state index in [1.54, 1.807) is 6.26 Å². The number of benzene rings is 1. The molecule has 1 N–H and O–H groups in total. The average Bonchev–Trinajstić information content (AvgIpc) is 3.39. The van der Waals surface area contributed by atoms with Crippen LogP contribution in [0.25, 0.3) is 5.69 Å². The van der Waals surface area contributed by atoms with Crippen LogP contribution in [-0.2, 0) is 0 Å². The van der Waals surface area contributed by atoms with E-state index in [4.69, 9.17) is 4.42 Å². The molecule has 0 aliphatic carbocycles. The Labute approximate surface area is 172 Å². The molecule has 5 nitrogen and oxygen atoms in total. The molecule has 0 bridgehead atoms. The maximum atomic E-state index is 12.8. The Bertz CT molecular complexity index is 916. The number of aromatic nitrogens is 1. The molecule has 0 radical (unpaired) electrons. The number of rotatable bonds is 6. The lowest BCUT2D eigenvalue weighted by Gasteiger charge is -2.33. The number of hydrogen-bond donors (Lipinski definition) is 1. The molecule has 1 amide bonds. The number of nitrogens with one attached hydrogen (secondary N) is 1. The minimum atomic E-state index is -0.0499. The van der Waals surface area contributed by atoms with Crippen LogP contribution in [0.15, 0.2) is 59.2 Å².